The second-order valence-electron chi connectivity index (χ2n) is 7.67. The quantitative estimate of drug-likeness (QED) is 0.582. The minimum Gasteiger partial charge on any atom is -0.393 e. The van der Waals surface area contributed by atoms with Crippen molar-refractivity contribution >= 4 is 21.4 Å². The van der Waals surface area contributed by atoms with Crippen LogP contribution in [0.2, 0.25) is 0 Å². The van der Waals surface area contributed by atoms with Crippen molar-refractivity contribution in [1.29, 1.82) is 0 Å². The summed E-state index contributed by atoms with van der Waals surface area (Å²) in [6.45, 7) is 2.85. The predicted octanol–water partition coefficient (Wildman–Crippen LogP) is 2.27. The van der Waals surface area contributed by atoms with Crippen molar-refractivity contribution in [2.24, 2.45) is 11.8 Å². The molecule has 0 radical (unpaired) electrons. The first-order valence-corrected chi connectivity index (χ1v) is 10.9. The molecule has 2 N–H and O–H groups in total. The van der Waals surface area contributed by atoms with Gasteiger partial charge in [-0.15, -0.1) is 0 Å². The van der Waals surface area contributed by atoms with E-state index in [1.54, 1.807) is 0 Å². The molecule has 0 unspecified atom stereocenters. The number of hydrogen-bond donors (Lipinski definition) is 2. The molecular weight excluding hydrogens is 370 g/mol. The first kappa shape index (κ1) is 20.0. The zero-order valence-corrected chi connectivity index (χ0v) is 16.5. The number of sulfonamides is 1. The smallest absolute Gasteiger partial charge is 0.293 e. The molecule has 0 bridgehead atoms. The predicted molar refractivity (Wildman–Crippen MR) is 102 cm³/mol. The third kappa shape index (κ3) is 3.95. The van der Waals surface area contributed by atoms with E-state index in [1.165, 1.54) is 19.2 Å². The van der Waals surface area contributed by atoms with Crippen LogP contribution in [0.25, 0.3) is 0 Å². The number of nitro benzene ring substituents is 1. The summed E-state index contributed by atoms with van der Waals surface area (Å²) in [5.74, 6) is 0.607. The van der Waals surface area contributed by atoms with Gasteiger partial charge in [-0.25, -0.2) is 13.1 Å². The standard InChI is InChI=1S/C18H27N3O5S/c1-12-5-8-18(22)14(10-12)15-4-3-9-20(15)16-7-6-13(27(25,26)19-2)11-17(16)21(23)24/h6-7,11-12,14-15,18-19,22H,3-5,8-10H2,1-2H3/t12-,14-,15+,18+/m0/s1. The van der Waals surface area contributed by atoms with E-state index in [4.69, 9.17) is 0 Å². The summed E-state index contributed by atoms with van der Waals surface area (Å²) in [6, 6.07) is 4.09. The first-order chi connectivity index (χ1) is 12.7. The van der Waals surface area contributed by atoms with E-state index < -0.39 is 21.1 Å². The highest BCUT2D eigenvalue weighted by Crippen LogP contribution is 2.42. The minimum atomic E-state index is -3.76. The summed E-state index contributed by atoms with van der Waals surface area (Å²) in [4.78, 5) is 13.0. The molecule has 0 aromatic heterocycles. The van der Waals surface area contributed by atoms with Crippen LogP contribution in [0.15, 0.2) is 23.1 Å². The number of nitrogens with zero attached hydrogens (tertiary/aromatic N) is 2. The topological polar surface area (TPSA) is 113 Å². The molecule has 1 aliphatic carbocycles. The summed E-state index contributed by atoms with van der Waals surface area (Å²) >= 11 is 0. The lowest BCUT2D eigenvalue weighted by molar-refractivity contribution is -0.384. The van der Waals surface area contributed by atoms with Crippen molar-refractivity contribution in [3.8, 4) is 0 Å². The molecule has 2 fully saturated rings. The fourth-order valence-electron chi connectivity index (χ4n) is 4.54. The third-order valence-electron chi connectivity index (χ3n) is 5.95. The highest BCUT2D eigenvalue weighted by atomic mass is 32.2. The summed E-state index contributed by atoms with van der Waals surface area (Å²) < 4.78 is 26.2. The summed E-state index contributed by atoms with van der Waals surface area (Å²) in [5.41, 5.74) is 0.222. The van der Waals surface area contributed by atoms with E-state index in [1.807, 2.05) is 4.90 Å². The molecule has 2 aliphatic rings. The van der Waals surface area contributed by atoms with Gasteiger partial charge in [-0.2, -0.15) is 0 Å². The Morgan fingerprint density at radius 1 is 1.30 bits per heavy atom. The van der Waals surface area contributed by atoms with Gasteiger partial charge in [-0.05, 0) is 57.2 Å². The van der Waals surface area contributed by atoms with Crippen molar-refractivity contribution in [2.75, 3.05) is 18.5 Å². The Labute approximate surface area is 159 Å². The Morgan fingerprint density at radius 2 is 2.04 bits per heavy atom. The number of hydrogen-bond acceptors (Lipinski definition) is 6. The fraction of sp³-hybridized carbons (Fsp3) is 0.667. The van der Waals surface area contributed by atoms with E-state index in [0.717, 1.165) is 38.2 Å². The molecule has 1 aromatic rings. The van der Waals surface area contributed by atoms with Crippen molar-refractivity contribution in [3.05, 3.63) is 28.3 Å². The molecule has 1 saturated carbocycles. The largest absolute Gasteiger partial charge is 0.393 e. The molecule has 4 atom stereocenters. The Morgan fingerprint density at radius 3 is 2.70 bits per heavy atom. The number of benzene rings is 1. The number of nitro groups is 1. The second kappa shape index (κ2) is 7.73. The van der Waals surface area contributed by atoms with Gasteiger partial charge in [0.25, 0.3) is 5.69 Å². The second-order valence-corrected chi connectivity index (χ2v) is 9.55. The summed E-state index contributed by atoms with van der Waals surface area (Å²) in [7, 11) is -2.48. The van der Waals surface area contributed by atoms with E-state index in [9.17, 15) is 23.6 Å². The van der Waals surface area contributed by atoms with Gasteiger partial charge in [0.2, 0.25) is 10.0 Å². The van der Waals surface area contributed by atoms with Crippen LogP contribution in [0.1, 0.15) is 39.0 Å². The molecule has 1 heterocycles. The maximum absolute atomic E-state index is 12.0. The number of rotatable bonds is 5. The normalized spacial score (nSPS) is 29.1. The van der Waals surface area contributed by atoms with E-state index in [2.05, 4.69) is 11.6 Å². The Bertz CT molecular complexity index is 813. The number of nitrogens with one attached hydrogen (secondary N) is 1. The van der Waals surface area contributed by atoms with Gasteiger partial charge in [0.15, 0.2) is 0 Å². The van der Waals surface area contributed by atoms with Crippen molar-refractivity contribution in [1.82, 2.24) is 4.72 Å². The van der Waals surface area contributed by atoms with Crippen LogP contribution >= 0.6 is 0 Å². The third-order valence-corrected chi connectivity index (χ3v) is 7.36. The number of anilines is 1. The van der Waals surface area contributed by atoms with Crippen LogP contribution in [0.4, 0.5) is 11.4 Å². The van der Waals surface area contributed by atoms with Gasteiger partial charge in [0.05, 0.1) is 15.9 Å². The van der Waals surface area contributed by atoms with Crippen LogP contribution in [0, 0.1) is 22.0 Å². The average molecular weight is 397 g/mol. The number of aliphatic hydroxyl groups is 1. The SMILES string of the molecule is CNS(=O)(=O)c1ccc(N2CCC[C@@H]2[C@@H]2C[C@@H](C)CC[C@H]2O)c([N+](=O)[O-])c1. The van der Waals surface area contributed by atoms with E-state index >= 15 is 0 Å². The lowest BCUT2D eigenvalue weighted by atomic mass is 9.76. The van der Waals surface area contributed by atoms with Gasteiger partial charge < -0.3 is 10.0 Å². The highest BCUT2D eigenvalue weighted by Gasteiger charge is 2.40. The van der Waals surface area contributed by atoms with Crippen LogP contribution in [0.5, 0.6) is 0 Å². The van der Waals surface area contributed by atoms with Gasteiger partial charge >= 0.3 is 0 Å². The zero-order valence-electron chi connectivity index (χ0n) is 15.7. The monoisotopic (exact) mass is 397 g/mol. The lowest BCUT2D eigenvalue weighted by Crippen LogP contribution is -2.44. The Hall–Kier alpha value is -1.71. The summed E-state index contributed by atoms with van der Waals surface area (Å²) in [6.07, 6.45) is 4.05. The zero-order chi connectivity index (χ0) is 19.8. The van der Waals surface area contributed by atoms with Crippen LogP contribution < -0.4 is 9.62 Å². The Balaban J connectivity index is 1.98. The minimum absolute atomic E-state index is 0.0354. The van der Waals surface area contributed by atoms with Crippen LogP contribution in [0.3, 0.4) is 0 Å². The van der Waals surface area contributed by atoms with Crippen molar-refractivity contribution < 1.29 is 18.4 Å². The van der Waals surface area contributed by atoms with Gasteiger partial charge in [0, 0.05) is 24.6 Å². The van der Waals surface area contributed by atoms with Crippen LogP contribution in [-0.2, 0) is 10.0 Å². The van der Waals surface area contributed by atoms with Gasteiger partial charge in [-0.1, -0.05) is 6.92 Å². The average Bonchev–Trinajstić information content (AvgIpc) is 3.12. The summed E-state index contributed by atoms with van der Waals surface area (Å²) in [5, 5.41) is 22.2. The molecular formula is C18H27N3O5S. The Kier molecular flexibility index (Phi) is 5.73. The van der Waals surface area contributed by atoms with Crippen molar-refractivity contribution in [2.45, 2.75) is 56.1 Å². The molecule has 9 heteroatoms. The molecule has 1 aliphatic heterocycles. The van der Waals surface area contributed by atoms with Crippen LogP contribution in [-0.4, -0.2) is 44.2 Å². The molecule has 3 rings (SSSR count). The molecule has 0 amide bonds. The maximum Gasteiger partial charge on any atom is 0.293 e. The molecule has 0 spiro atoms. The molecule has 1 saturated heterocycles. The fourth-order valence-corrected chi connectivity index (χ4v) is 5.29. The highest BCUT2D eigenvalue weighted by molar-refractivity contribution is 7.89. The maximum atomic E-state index is 12.0. The molecule has 150 valence electrons. The van der Waals surface area contributed by atoms with E-state index in [0.29, 0.717) is 18.2 Å². The first-order valence-electron chi connectivity index (χ1n) is 9.41. The lowest BCUT2D eigenvalue weighted by Gasteiger charge is -2.40. The molecule has 27 heavy (non-hydrogen) atoms. The van der Waals surface area contributed by atoms with Crippen molar-refractivity contribution in [3.63, 3.8) is 0 Å². The molecule has 1 aromatic carbocycles. The van der Waals surface area contributed by atoms with E-state index in [-0.39, 0.29) is 22.5 Å². The molecule has 8 nitrogen and oxygen atoms in total. The van der Waals surface area contributed by atoms with Gasteiger partial charge in [-0.3, -0.25) is 10.1 Å². The van der Waals surface area contributed by atoms with Gasteiger partial charge in [0.1, 0.15) is 5.69 Å². The number of aliphatic hydroxyl groups excluding tert-OH is 1.